The zero-order chi connectivity index (χ0) is 17.4. The first-order valence-electron chi connectivity index (χ1n) is 7.79. The molecule has 3 aromatic rings. The van der Waals surface area contributed by atoms with Gasteiger partial charge in [-0.25, -0.2) is 0 Å². The minimum absolute atomic E-state index is 0.0264. The molecule has 0 bridgehead atoms. The van der Waals surface area contributed by atoms with Crippen LogP contribution < -0.4 is 4.90 Å². The molecule has 0 saturated heterocycles. The third-order valence-electron chi connectivity index (χ3n) is 4.15. The number of carbonyl (C=O) groups excluding carboxylic acids is 1. The average Bonchev–Trinajstić information content (AvgIpc) is 2.53. The molecule has 122 valence electrons. The lowest BCUT2D eigenvalue weighted by Crippen LogP contribution is -2.27. The molecule has 0 radical (unpaired) electrons. The van der Waals surface area contributed by atoms with Gasteiger partial charge in [-0.1, -0.05) is 27.6 Å². The topological polar surface area (TPSA) is 33.2 Å². The van der Waals surface area contributed by atoms with Crippen LogP contribution in [0.2, 0.25) is 0 Å². The Kier molecular flexibility index (Phi) is 4.41. The smallest absolute Gasteiger partial charge is 0.258 e. The van der Waals surface area contributed by atoms with Crippen LogP contribution in [-0.4, -0.2) is 17.9 Å². The zero-order valence-electron chi connectivity index (χ0n) is 14.2. The number of hydrogen-bond donors (Lipinski definition) is 0. The van der Waals surface area contributed by atoms with E-state index in [4.69, 9.17) is 0 Å². The van der Waals surface area contributed by atoms with E-state index in [1.165, 1.54) is 0 Å². The van der Waals surface area contributed by atoms with Crippen molar-refractivity contribution in [1.82, 2.24) is 4.98 Å². The normalized spacial score (nSPS) is 10.9. The Morgan fingerprint density at radius 3 is 2.50 bits per heavy atom. The molecule has 3 rings (SSSR count). The third-order valence-corrected chi connectivity index (χ3v) is 4.64. The van der Waals surface area contributed by atoms with E-state index in [9.17, 15) is 4.79 Å². The molecule has 0 saturated carbocycles. The molecular formula is C20H19BrN2O. The van der Waals surface area contributed by atoms with E-state index in [0.29, 0.717) is 5.56 Å². The highest BCUT2D eigenvalue weighted by atomic mass is 79.9. The van der Waals surface area contributed by atoms with Crippen molar-refractivity contribution in [3.8, 4) is 0 Å². The summed E-state index contributed by atoms with van der Waals surface area (Å²) in [6.45, 7) is 5.95. The maximum Gasteiger partial charge on any atom is 0.258 e. The van der Waals surface area contributed by atoms with Crippen molar-refractivity contribution in [2.24, 2.45) is 0 Å². The molecule has 1 heterocycles. The summed E-state index contributed by atoms with van der Waals surface area (Å²) in [5.41, 5.74) is 5.45. The van der Waals surface area contributed by atoms with Crippen LogP contribution in [0.1, 0.15) is 27.2 Å². The lowest BCUT2D eigenvalue weighted by atomic mass is 10.0. The Bertz CT molecular complexity index is 950. The van der Waals surface area contributed by atoms with Crippen LogP contribution in [0.25, 0.3) is 10.9 Å². The first kappa shape index (κ1) is 16.7. The molecule has 0 atom stereocenters. The quantitative estimate of drug-likeness (QED) is 0.610. The van der Waals surface area contributed by atoms with Crippen molar-refractivity contribution in [3.63, 3.8) is 0 Å². The molecule has 0 N–H and O–H groups in total. The van der Waals surface area contributed by atoms with E-state index in [-0.39, 0.29) is 5.91 Å². The fraction of sp³-hybridized carbons (Fsp3) is 0.200. The van der Waals surface area contributed by atoms with E-state index in [0.717, 1.165) is 37.9 Å². The van der Waals surface area contributed by atoms with Crippen molar-refractivity contribution in [2.75, 3.05) is 11.9 Å². The number of halogens is 1. The van der Waals surface area contributed by atoms with Gasteiger partial charge in [0.05, 0.1) is 11.1 Å². The Balaban J connectivity index is 2.12. The van der Waals surface area contributed by atoms with E-state index in [2.05, 4.69) is 20.9 Å². The lowest BCUT2D eigenvalue weighted by Gasteiger charge is -2.21. The molecule has 24 heavy (non-hydrogen) atoms. The maximum atomic E-state index is 13.1. The number of fused-ring (bicyclic) bond motifs is 1. The molecule has 2 aromatic carbocycles. The second kappa shape index (κ2) is 6.36. The number of benzene rings is 2. The van der Waals surface area contributed by atoms with Gasteiger partial charge in [-0.2, -0.15) is 0 Å². The molecule has 0 aliphatic carbocycles. The zero-order valence-corrected chi connectivity index (χ0v) is 15.8. The largest absolute Gasteiger partial charge is 0.311 e. The van der Waals surface area contributed by atoms with Gasteiger partial charge in [0.15, 0.2) is 0 Å². The van der Waals surface area contributed by atoms with Crippen LogP contribution in [-0.2, 0) is 0 Å². The molecular weight excluding hydrogens is 364 g/mol. The van der Waals surface area contributed by atoms with Crippen LogP contribution in [0.4, 0.5) is 5.69 Å². The van der Waals surface area contributed by atoms with Gasteiger partial charge in [0.1, 0.15) is 0 Å². The molecule has 0 spiro atoms. The van der Waals surface area contributed by atoms with E-state index in [1.807, 2.05) is 70.3 Å². The number of hydrogen-bond acceptors (Lipinski definition) is 2. The second-order valence-corrected chi connectivity index (χ2v) is 7.04. The summed E-state index contributed by atoms with van der Waals surface area (Å²) in [6.07, 6.45) is 0. The maximum absolute atomic E-state index is 13.1. The Hall–Kier alpha value is -2.20. The van der Waals surface area contributed by atoms with Gasteiger partial charge < -0.3 is 4.90 Å². The number of pyridine rings is 1. The van der Waals surface area contributed by atoms with Crippen LogP contribution in [0, 0.1) is 20.8 Å². The van der Waals surface area contributed by atoms with Gasteiger partial charge in [0.2, 0.25) is 0 Å². The molecule has 1 amide bonds. The number of amides is 1. The van der Waals surface area contributed by atoms with Gasteiger partial charge in [-0.15, -0.1) is 0 Å². The molecule has 0 aliphatic heterocycles. The molecule has 4 heteroatoms. The third kappa shape index (κ3) is 3.06. The predicted molar refractivity (Wildman–Crippen MR) is 103 cm³/mol. The van der Waals surface area contributed by atoms with Crippen molar-refractivity contribution in [2.45, 2.75) is 20.8 Å². The summed E-state index contributed by atoms with van der Waals surface area (Å²) < 4.78 is 1.01. The summed E-state index contributed by atoms with van der Waals surface area (Å²) >= 11 is 3.47. The van der Waals surface area contributed by atoms with E-state index < -0.39 is 0 Å². The van der Waals surface area contributed by atoms with Crippen molar-refractivity contribution >= 4 is 38.4 Å². The van der Waals surface area contributed by atoms with Crippen LogP contribution in [0.3, 0.4) is 0 Å². The van der Waals surface area contributed by atoms with Crippen molar-refractivity contribution in [3.05, 3.63) is 69.3 Å². The highest BCUT2D eigenvalue weighted by molar-refractivity contribution is 9.10. The number of aromatic nitrogens is 1. The fourth-order valence-corrected chi connectivity index (χ4v) is 3.41. The highest BCUT2D eigenvalue weighted by Crippen LogP contribution is 2.27. The van der Waals surface area contributed by atoms with E-state index in [1.54, 1.807) is 4.90 Å². The summed E-state index contributed by atoms with van der Waals surface area (Å²) in [5, 5.41) is 0.896. The average molecular weight is 383 g/mol. The Morgan fingerprint density at radius 2 is 1.79 bits per heavy atom. The molecule has 3 nitrogen and oxygen atoms in total. The Labute approximate surface area is 150 Å². The van der Waals surface area contributed by atoms with Crippen molar-refractivity contribution < 1.29 is 4.79 Å². The van der Waals surface area contributed by atoms with Crippen molar-refractivity contribution in [1.29, 1.82) is 0 Å². The molecule has 1 aromatic heterocycles. The van der Waals surface area contributed by atoms with Crippen LogP contribution in [0.5, 0.6) is 0 Å². The number of nitrogens with zero attached hydrogens (tertiary/aromatic N) is 2. The van der Waals surface area contributed by atoms with Gasteiger partial charge in [-0.3, -0.25) is 9.78 Å². The predicted octanol–water partition coefficient (Wildman–Crippen LogP) is 5.20. The summed E-state index contributed by atoms with van der Waals surface area (Å²) in [4.78, 5) is 19.4. The number of rotatable bonds is 2. The van der Waals surface area contributed by atoms with Gasteiger partial charge in [-0.05, 0) is 62.7 Å². The summed E-state index contributed by atoms with van der Waals surface area (Å²) in [7, 11) is 1.82. The minimum atomic E-state index is -0.0264. The van der Waals surface area contributed by atoms with Crippen LogP contribution in [0.15, 0.2) is 46.9 Å². The van der Waals surface area contributed by atoms with Gasteiger partial charge in [0, 0.05) is 28.3 Å². The standard InChI is InChI=1S/C20H19BrN2O/c1-12-5-7-18-16(9-12)17(11-14(3)22-18)20(24)23(4)19-8-6-15(21)10-13(19)2/h5-11H,1-4H3. The van der Waals surface area contributed by atoms with Crippen LogP contribution >= 0.6 is 15.9 Å². The summed E-state index contributed by atoms with van der Waals surface area (Å²) in [5.74, 6) is -0.0264. The second-order valence-electron chi connectivity index (χ2n) is 6.13. The van der Waals surface area contributed by atoms with Gasteiger partial charge >= 0.3 is 0 Å². The molecule has 0 aliphatic rings. The number of anilines is 1. The lowest BCUT2D eigenvalue weighted by molar-refractivity contribution is 0.0994. The fourth-order valence-electron chi connectivity index (χ4n) is 2.93. The summed E-state index contributed by atoms with van der Waals surface area (Å²) in [6, 6.07) is 13.8. The number of aryl methyl sites for hydroxylation is 3. The molecule has 0 fully saturated rings. The monoisotopic (exact) mass is 382 g/mol. The highest BCUT2D eigenvalue weighted by Gasteiger charge is 2.19. The van der Waals surface area contributed by atoms with E-state index >= 15 is 0 Å². The number of carbonyl (C=O) groups is 1. The first-order chi connectivity index (χ1) is 11.4. The Morgan fingerprint density at radius 1 is 1.04 bits per heavy atom. The minimum Gasteiger partial charge on any atom is -0.311 e. The molecule has 0 unspecified atom stereocenters. The SMILES string of the molecule is Cc1ccc2nc(C)cc(C(=O)N(C)c3ccc(Br)cc3C)c2c1. The van der Waals surface area contributed by atoms with Gasteiger partial charge in [0.25, 0.3) is 5.91 Å². The first-order valence-corrected chi connectivity index (χ1v) is 8.58.